The maximum atomic E-state index is 12.3. The topological polar surface area (TPSA) is 69.0 Å². The van der Waals surface area contributed by atoms with Gasteiger partial charge in [0.25, 0.3) is 0 Å². The molecule has 1 aromatic carbocycles. The highest BCUT2D eigenvalue weighted by atomic mass is 16.5. The summed E-state index contributed by atoms with van der Waals surface area (Å²) in [6.45, 7) is 1.90. The number of aromatic nitrogens is 3. The van der Waals surface area contributed by atoms with Crippen LogP contribution in [-0.4, -0.2) is 20.7 Å². The van der Waals surface area contributed by atoms with E-state index in [2.05, 4.69) is 21.5 Å². The molecule has 2 aromatic heterocycles. The molecule has 0 saturated heterocycles. The molecule has 0 saturated carbocycles. The van der Waals surface area contributed by atoms with Gasteiger partial charge in [-0.3, -0.25) is 14.5 Å². The minimum Gasteiger partial charge on any atom is -0.489 e. The Labute approximate surface area is 158 Å². The van der Waals surface area contributed by atoms with Gasteiger partial charge in [-0.15, -0.1) is 0 Å². The Hall–Kier alpha value is -3.15. The number of nitrogens with one attached hydrogen (secondary N) is 1. The Kier molecular flexibility index (Phi) is 5.14. The lowest BCUT2D eigenvalue weighted by molar-refractivity contribution is -0.120. The maximum absolute atomic E-state index is 12.3. The predicted octanol–water partition coefficient (Wildman–Crippen LogP) is 2.66. The SMILES string of the molecule is O=C(Cc1cccc(OCc2cccnc2)c1)NCc1cc2n(n1)CCC2. The molecule has 4 rings (SSSR count). The van der Waals surface area contributed by atoms with Crippen molar-refractivity contribution in [3.63, 3.8) is 0 Å². The molecule has 1 amide bonds. The normalized spacial score (nSPS) is 12.6. The minimum absolute atomic E-state index is 0.0208. The minimum atomic E-state index is -0.0208. The first kappa shape index (κ1) is 17.3. The van der Waals surface area contributed by atoms with Crippen LogP contribution in [0.3, 0.4) is 0 Å². The van der Waals surface area contributed by atoms with E-state index >= 15 is 0 Å². The van der Waals surface area contributed by atoms with Crippen LogP contribution in [0.2, 0.25) is 0 Å². The van der Waals surface area contributed by atoms with Crippen LogP contribution in [-0.2, 0) is 37.3 Å². The highest BCUT2D eigenvalue weighted by Crippen LogP contribution is 2.16. The van der Waals surface area contributed by atoms with Gasteiger partial charge in [0, 0.05) is 30.2 Å². The third kappa shape index (κ3) is 4.53. The van der Waals surface area contributed by atoms with Crippen LogP contribution >= 0.6 is 0 Å². The van der Waals surface area contributed by atoms with Crippen molar-refractivity contribution < 1.29 is 9.53 Å². The molecule has 3 aromatic rings. The van der Waals surface area contributed by atoms with E-state index in [4.69, 9.17) is 4.74 Å². The summed E-state index contributed by atoms with van der Waals surface area (Å²) >= 11 is 0. The summed E-state index contributed by atoms with van der Waals surface area (Å²) in [4.78, 5) is 16.3. The van der Waals surface area contributed by atoms with Crippen molar-refractivity contribution in [2.24, 2.45) is 0 Å². The number of rotatable bonds is 7. The van der Waals surface area contributed by atoms with Gasteiger partial charge in [0.1, 0.15) is 12.4 Å². The lowest BCUT2D eigenvalue weighted by Crippen LogP contribution is -2.24. The monoisotopic (exact) mass is 362 g/mol. The summed E-state index contributed by atoms with van der Waals surface area (Å²) in [5.41, 5.74) is 4.11. The van der Waals surface area contributed by atoms with Gasteiger partial charge in [0.15, 0.2) is 0 Å². The van der Waals surface area contributed by atoms with E-state index in [9.17, 15) is 4.79 Å². The molecule has 0 spiro atoms. The third-order valence-electron chi connectivity index (χ3n) is 4.57. The quantitative estimate of drug-likeness (QED) is 0.702. The Balaban J connectivity index is 1.28. The summed E-state index contributed by atoms with van der Waals surface area (Å²) in [7, 11) is 0. The number of hydrogen-bond donors (Lipinski definition) is 1. The lowest BCUT2D eigenvalue weighted by atomic mass is 10.1. The Bertz CT molecular complexity index is 899. The fourth-order valence-electron chi connectivity index (χ4n) is 3.24. The van der Waals surface area contributed by atoms with Crippen LogP contribution in [0.25, 0.3) is 0 Å². The number of pyridine rings is 1. The van der Waals surface area contributed by atoms with Gasteiger partial charge in [-0.05, 0) is 42.7 Å². The number of benzene rings is 1. The molecular weight excluding hydrogens is 340 g/mol. The zero-order chi connectivity index (χ0) is 18.5. The molecule has 3 heterocycles. The smallest absolute Gasteiger partial charge is 0.224 e. The van der Waals surface area contributed by atoms with Crippen molar-refractivity contribution in [3.05, 3.63) is 77.4 Å². The van der Waals surface area contributed by atoms with Gasteiger partial charge < -0.3 is 10.1 Å². The van der Waals surface area contributed by atoms with E-state index in [0.717, 1.165) is 42.0 Å². The second-order valence-electron chi connectivity index (χ2n) is 6.70. The zero-order valence-corrected chi connectivity index (χ0v) is 15.1. The fourth-order valence-corrected chi connectivity index (χ4v) is 3.24. The van der Waals surface area contributed by atoms with Crippen LogP contribution in [0.5, 0.6) is 5.75 Å². The molecule has 27 heavy (non-hydrogen) atoms. The van der Waals surface area contributed by atoms with Gasteiger partial charge in [0.05, 0.1) is 18.7 Å². The first-order valence-corrected chi connectivity index (χ1v) is 9.19. The summed E-state index contributed by atoms with van der Waals surface area (Å²) in [5, 5.41) is 7.46. The average Bonchev–Trinajstić information content (AvgIpc) is 3.28. The van der Waals surface area contributed by atoms with Crippen LogP contribution in [0.4, 0.5) is 0 Å². The molecule has 0 atom stereocenters. The van der Waals surface area contributed by atoms with Crippen molar-refractivity contribution in [1.82, 2.24) is 20.1 Å². The van der Waals surface area contributed by atoms with Gasteiger partial charge >= 0.3 is 0 Å². The number of nitrogens with zero attached hydrogens (tertiary/aromatic N) is 3. The second kappa shape index (κ2) is 8.03. The number of carbonyl (C=O) groups excluding carboxylic acids is 1. The largest absolute Gasteiger partial charge is 0.489 e. The Morgan fingerprint density at radius 1 is 1.19 bits per heavy atom. The molecule has 1 aliphatic heterocycles. The molecule has 0 bridgehead atoms. The first-order chi connectivity index (χ1) is 13.3. The Morgan fingerprint density at radius 3 is 2.96 bits per heavy atom. The molecule has 0 aliphatic carbocycles. The summed E-state index contributed by atoms with van der Waals surface area (Å²) in [6, 6.07) is 13.6. The Morgan fingerprint density at radius 2 is 2.11 bits per heavy atom. The second-order valence-corrected chi connectivity index (χ2v) is 6.70. The van der Waals surface area contributed by atoms with Crippen molar-refractivity contribution >= 4 is 5.91 Å². The van der Waals surface area contributed by atoms with Crippen LogP contribution in [0.1, 0.15) is 28.9 Å². The van der Waals surface area contributed by atoms with E-state index in [1.165, 1.54) is 5.69 Å². The van der Waals surface area contributed by atoms with Crippen LogP contribution < -0.4 is 10.1 Å². The molecule has 6 heteroatoms. The number of carbonyl (C=O) groups is 1. The van der Waals surface area contributed by atoms with E-state index in [1.807, 2.05) is 41.1 Å². The predicted molar refractivity (Wildman–Crippen MR) is 101 cm³/mol. The molecule has 1 N–H and O–H groups in total. The summed E-state index contributed by atoms with van der Waals surface area (Å²) in [5.74, 6) is 0.724. The molecule has 0 radical (unpaired) electrons. The highest BCUT2D eigenvalue weighted by molar-refractivity contribution is 5.78. The summed E-state index contributed by atoms with van der Waals surface area (Å²) < 4.78 is 7.83. The molecule has 1 aliphatic rings. The number of amides is 1. The highest BCUT2D eigenvalue weighted by Gasteiger charge is 2.14. The van der Waals surface area contributed by atoms with Gasteiger partial charge in [-0.1, -0.05) is 18.2 Å². The third-order valence-corrected chi connectivity index (χ3v) is 4.57. The zero-order valence-electron chi connectivity index (χ0n) is 15.1. The number of ether oxygens (including phenoxy) is 1. The number of aryl methyl sites for hydroxylation is 2. The maximum Gasteiger partial charge on any atom is 0.224 e. The molecular formula is C21H22N4O2. The standard InChI is InChI=1S/C21H22N4O2/c26-21(23-14-18-12-19-6-3-9-25(19)24-18)11-16-4-1-7-20(10-16)27-15-17-5-2-8-22-13-17/h1-2,4-5,7-8,10,12-13H,3,6,9,11,14-15H2,(H,23,26). The average molecular weight is 362 g/mol. The van der Waals surface area contributed by atoms with E-state index < -0.39 is 0 Å². The van der Waals surface area contributed by atoms with Crippen molar-refractivity contribution in [2.75, 3.05) is 0 Å². The van der Waals surface area contributed by atoms with Crippen molar-refractivity contribution in [1.29, 1.82) is 0 Å². The molecule has 6 nitrogen and oxygen atoms in total. The van der Waals surface area contributed by atoms with Crippen molar-refractivity contribution in [2.45, 2.75) is 39.0 Å². The molecule has 0 unspecified atom stereocenters. The van der Waals surface area contributed by atoms with Crippen LogP contribution in [0, 0.1) is 0 Å². The van der Waals surface area contributed by atoms with Crippen LogP contribution in [0.15, 0.2) is 54.9 Å². The van der Waals surface area contributed by atoms with Gasteiger partial charge in [-0.2, -0.15) is 5.10 Å². The van der Waals surface area contributed by atoms with Gasteiger partial charge in [-0.25, -0.2) is 0 Å². The van der Waals surface area contributed by atoms with Gasteiger partial charge in [0.2, 0.25) is 5.91 Å². The lowest BCUT2D eigenvalue weighted by Gasteiger charge is -2.08. The molecule has 138 valence electrons. The number of fused-ring (bicyclic) bond motifs is 1. The van der Waals surface area contributed by atoms with Crippen molar-refractivity contribution in [3.8, 4) is 5.75 Å². The van der Waals surface area contributed by atoms with E-state index in [-0.39, 0.29) is 5.91 Å². The van der Waals surface area contributed by atoms with E-state index in [1.54, 1.807) is 12.4 Å². The fraction of sp³-hybridized carbons (Fsp3) is 0.286. The number of hydrogen-bond acceptors (Lipinski definition) is 4. The first-order valence-electron chi connectivity index (χ1n) is 9.19. The molecule has 0 fully saturated rings. The summed E-state index contributed by atoms with van der Waals surface area (Å²) in [6.07, 6.45) is 6.07. The van der Waals surface area contributed by atoms with E-state index in [0.29, 0.717) is 19.6 Å².